The molecule has 1 unspecified atom stereocenters. The Labute approximate surface area is 101 Å². The van der Waals surface area contributed by atoms with E-state index < -0.39 is 0 Å². The molecule has 1 atom stereocenters. The van der Waals surface area contributed by atoms with Crippen LogP contribution < -0.4 is 5.32 Å². The zero-order chi connectivity index (χ0) is 12.1. The Kier molecular flexibility index (Phi) is 4.15. The monoisotopic (exact) mass is 235 g/mol. The first-order valence-corrected chi connectivity index (χ1v) is 6.10. The number of hydrogen-bond acceptors (Lipinski definition) is 2. The molecule has 3 heteroatoms. The van der Waals surface area contributed by atoms with Crippen LogP contribution in [0.25, 0.3) is 0 Å². The highest BCUT2D eigenvalue weighted by Crippen LogP contribution is 2.17. The van der Waals surface area contributed by atoms with E-state index in [2.05, 4.69) is 18.3 Å². The van der Waals surface area contributed by atoms with Gasteiger partial charge in [0.2, 0.25) is 0 Å². The van der Waals surface area contributed by atoms with E-state index in [-0.39, 0.29) is 11.9 Å². The van der Waals surface area contributed by atoms with Crippen LogP contribution in [0.3, 0.4) is 0 Å². The van der Waals surface area contributed by atoms with Gasteiger partial charge in [0.1, 0.15) is 11.6 Å². The van der Waals surface area contributed by atoms with E-state index in [0.29, 0.717) is 0 Å². The molecule has 1 N–H and O–H groups in total. The number of nitrogens with one attached hydrogen (secondary N) is 1. The van der Waals surface area contributed by atoms with Crippen LogP contribution in [0.2, 0.25) is 0 Å². The summed E-state index contributed by atoms with van der Waals surface area (Å²) in [5.74, 6) is 0.815. The van der Waals surface area contributed by atoms with Crippen molar-refractivity contribution in [3.8, 4) is 0 Å². The van der Waals surface area contributed by atoms with E-state index >= 15 is 0 Å². The van der Waals surface area contributed by atoms with E-state index in [4.69, 9.17) is 4.74 Å². The van der Waals surface area contributed by atoms with Gasteiger partial charge in [0.25, 0.3) is 0 Å². The van der Waals surface area contributed by atoms with Gasteiger partial charge in [-0.25, -0.2) is 4.39 Å². The van der Waals surface area contributed by atoms with Crippen LogP contribution >= 0.6 is 0 Å². The van der Waals surface area contributed by atoms with Crippen molar-refractivity contribution in [3.05, 3.63) is 47.5 Å². The van der Waals surface area contributed by atoms with Crippen molar-refractivity contribution >= 4 is 0 Å². The first kappa shape index (κ1) is 12.1. The Morgan fingerprint density at radius 3 is 3.00 bits per heavy atom. The van der Waals surface area contributed by atoms with E-state index in [0.717, 1.165) is 37.3 Å². The molecule has 92 valence electrons. The smallest absolute Gasteiger partial charge is 0.123 e. The fourth-order valence-corrected chi connectivity index (χ4v) is 2.10. The van der Waals surface area contributed by atoms with Gasteiger partial charge < -0.3 is 10.1 Å². The minimum absolute atomic E-state index is 0.157. The lowest BCUT2D eigenvalue weighted by Crippen LogP contribution is -2.33. The molecule has 0 bridgehead atoms. The van der Waals surface area contributed by atoms with E-state index in [1.54, 1.807) is 12.1 Å². The van der Waals surface area contributed by atoms with Crippen LogP contribution in [0.4, 0.5) is 4.39 Å². The molecule has 1 aromatic rings. The summed E-state index contributed by atoms with van der Waals surface area (Å²) in [7, 11) is 0. The number of benzene rings is 1. The summed E-state index contributed by atoms with van der Waals surface area (Å²) in [6.45, 7) is 3.70. The predicted molar refractivity (Wildman–Crippen MR) is 66.2 cm³/mol. The number of ether oxygens (including phenoxy) is 1. The quantitative estimate of drug-likeness (QED) is 0.847. The fraction of sp³-hybridized carbons (Fsp3) is 0.429. The molecule has 0 spiro atoms. The maximum Gasteiger partial charge on any atom is 0.123 e. The summed E-state index contributed by atoms with van der Waals surface area (Å²) in [6, 6.07) is 6.90. The van der Waals surface area contributed by atoms with Gasteiger partial charge in [0.15, 0.2) is 0 Å². The van der Waals surface area contributed by atoms with Crippen LogP contribution in [-0.4, -0.2) is 19.2 Å². The van der Waals surface area contributed by atoms with Gasteiger partial charge in [-0.1, -0.05) is 19.1 Å². The molecule has 0 aromatic heterocycles. The van der Waals surface area contributed by atoms with Crippen molar-refractivity contribution < 1.29 is 9.13 Å². The summed E-state index contributed by atoms with van der Waals surface area (Å²) in [6.07, 6.45) is 3.85. The average Bonchev–Trinajstić information content (AvgIpc) is 2.82. The van der Waals surface area contributed by atoms with Crippen molar-refractivity contribution in [3.63, 3.8) is 0 Å². The summed E-state index contributed by atoms with van der Waals surface area (Å²) >= 11 is 0. The highest BCUT2D eigenvalue weighted by atomic mass is 19.1. The minimum atomic E-state index is -0.181. The van der Waals surface area contributed by atoms with Crippen LogP contribution in [0.5, 0.6) is 0 Å². The number of hydrogen-bond donors (Lipinski definition) is 1. The SMILES string of the molecule is CCNC(Cc1cccc(F)c1)C1=CCCO1. The Balaban J connectivity index is 2.07. The molecule has 1 aliphatic heterocycles. The molecule has 0 aliphatic carbocycles. The Bertz CT molecular complexity index is 403. The first-order chi connectivity index (χ1) is 8.29. The van der Waals surface area contributed by atoms with Crippen molar-refractivity contribution in [1.82, 2.24) is 5.32 Å². The zero-order valence-corrected chi connectivity index (χ0v) is 10.1. The van der Waals surface area contributed by atoms with Gasteiger partial charge in [-0.2, -0.15) is 0 Å². The predicted octanol–water partition coefficient (Wildman–Crippen LogP) is 2.65. The van der Waals surface area contributed by atoms with Gasteiger partial charge in [-0.15, -0.1) is 0 Å². The lowest BCUT2D eigenvalue weighted by atomic mass is 10.0. The summed E-state index contributed by atoms with van der Waals surface area (Å²) in [4.78, 5) is 0. The second kappa shape index (κ2) is 5.82. The largest absolute Gasteiger partial charge is 0.496 e. The molecule has 2 rings (SSSR count). The molecule has 2 nitrogen and oxygen atoms in total. The van der Waals surface area contributed by atoms with Gasteiger partial charge in [0.05, 0.1) is 12.6 Å². The molecule has 0 radical (unpaired) electrons. The number of halogens is 1. The third-order valence-electron chi connectivity index (χ3n) is 2.85. The van der Waals surface area contributed by atoms with Gasteiger partial charge in [-0.3, -0.25) is 0 Å². The molecule has 1 aromatic carbocycles. The summed E-state index contributed by atoms with van der Waals surface area (Å²) in [5.41, 5.74) is 0.993. The number of rotatable bonds is 5. The summed E-state index contributed by atoms with van der Waals surface area (Å²) < 4.78 is 18.7. The third-order valence-corrected chi connectivity index (χ3v) is 2.85. The zero-order valence-electron chi connectivity index (χ0n) is 10.1. The van der Waals surface area contributed by atoms with Crippen LogP contribution in [0.15, 0.2) is 36.1 Å². The fourth-order valence-electron chi connectivity index (χ4n) is 2.10. The molecule has 1 aliphatic rings. The van der Waals surface area contributed by atoms with Crippen molar-refractivity contribution in [1.29, 1.82) is 0 Å². The van der Waals surface area contributed by atoms with Crippen molar-refractivity contribution in [2.45, 2.75) is 25.8 Å². The highest BCUT2D eigenvalue weighted by Gasteiger charge is 2.18. The van der Waals surface area contributed by atoms with Gasteiger partial charge >= 0.3 is 0 Å². The molecule has 17 heavy (non-hydrogen) atoms. The lowest BCUT2D eigenvalue weighted by Gasteiger charge is -2.19. The molecule has 0 saturated heterocycles. The van der Waals surface area contributed by atoms with Crippen LogP contribution in [0, 0.1) is 5.82 Å². The van der Waals surface area contributed by atoms with Crippen LogP contribution in [-0.2, 0) is 11.2 Å². The normalized spacial score (nSPS) is 16.5. The summed E-state index contributed by atoms with van der Waals surface area (Å²) in [5, 5.41) is 3.38. The molecule has 1 heterocycles. The maximum absolute atomic E-state index is 13.1. The van der Waals surface area contributed by atoms with Crippen LogP contribution in [0.1, 0.15) is 18.9 Å². The second-order valence-corrected chi connectivity index (χ2v) is 4.19. The highest BCUT2D eigenvalue weighted by molar-refractivity contribution is 5.20. The number of likely N-dealkylation sites (N-methyl/N-ethyl adjacent to an activating group) is 1. The maximum atomic E-state index is 13.1. The second-order valence-electron chi connectivity index (χ2n) is 4.19. The third kappa shape index (κ3) is 3.30. The van der Waals surface area contributed by atoms with Crippen molar-refractivity contribution in [2.24, 2.45) is 0 Å². The molecule has 0 fully saturated rings. The average molecular weight is 235 g/mol. The van der Waals surface area contributed by atoms with Crippen molar-refractivity contribution in [2.75, 3.05) is 13.2 Å². The first-order valence-electron chi connectivity index (χ1n) is 6.10. The topological polar surface area (TPSA) is 21.3 Å². The lowest BCUT2D eigenvalue weighted by molar-refractivity contribution is 0.215. The van der Waals surface area contributed by atoms with E-state index in [1.165, 1.54) is 6.07 Å². The standard InChI is InChI=1S/C14H18FNO/c1-2-16-13(14-7-4-8-17-14)10-11-5-3-6-12(15)9-11/h3,5-7,9,13,16H,2,4,8,10H2,1H3. The molecule has 0 amide bonds. The Hall–Kier alpha value is -1.35. The molecule has 0 saturated carbocycles. The molecular formula is C14H18FNO. The van der Waals surface area contributed by atoms with E-state index in [9.17, 15) is 4.39 Å². The van der Waals surface area contributed by atoms with E-state index in [1.807, 2.05) is 6.07 Å². The molecular weight excluding hydrogens is 217 g/mol. The Morgan fingerprint density at radius 1 is 1.47 bits per heavy atom. The minimum Gasteiger partial charge on any atom is -0.496 e. The van der Waals surface area contributed by atoms with Gasteiger partial charge in [-0.05, 0) is 36.7 Å². The van der Waals surface area contributed by atoms with Gasteiger partial charge in [0, 0.05) is 6.42 Å². The Morgan fingerprint density at radius 2 is 2.35 bits per heavy atom.